The third-order valence-corrected chi connectivity index (χ3v) is 9.21. The Labute approximate surface area is 165 Å². The van der Waals surface area contributed by atoms with Gasteiger partial charge >= 0.3 is 5.97 Å². The standard InChI is InChI=1S/C23H22N2O2Si/c1-13-10-14(23(26)27)4-7-17(13)22-18-8-5-15(24)11-20(18)28(2,3)21-12-16(25)6-9-19(21)22/h4-12,24H,25H2,1-3H3,(H,26,27). The zero-order valence-electron chi connectivity index (χ0n) is 16.1. The summed E-state index contributed by atoms with van der Waals surface area (Å²) >= 11 is 0. The van der Waals surface area contributed by atoms with Gasteiger partial charge in [0, 0.05) is 5.69 Å². The Morgan fingerprint density at radius 1 is 1.07 bits per heavy atom. The highest BCUT2D eigenvalue weighted by Crippen LogP contribution is 2.42. The second kappa shape index (κ2) is 6.17. The van der Waals surface area contributed by atoms with Crippen LogP contribution >= 0.6 is 0 Å². The van der Waals surface area contributed by atoms with Crippen LogP contribution in [0, 0.1) is 12.3 Å². The molecule has 0 fully saturated rings. The van der Waals surface area contributed by atoms with E-state index in [2.05, 4.69) is 25.2 Å². The van der Waals surface area contributed by atoms with Crippen LogP contribution in [0.15, 0.2) is 65.4 Å². The fourth-order valence-corrected chi connectivity index (χ4v) is 7.33. The molecular weight excluding hydrogens is 364 g/mol. The van der Waals surface area contributed by atoms with Crippen LogP contribution in [0.2, 0.25) is 13.1 Å². The van der Waals surface area contributed by atoms with Crippen molar-refractivity contribution in [1.29, 1.82) is 5.41 Å². The smallest absolute Gasteiger partial charge is 0.335 e. The Bertz CT molecular complexity index is 1150. The van der Waals surface area contributed by atoms with Crippen LogP contribution in [0.4, 0.5) is 5.69 Å². The van der Waals surface area contributed by atoms with Crippen molar-refractivity contribution in [2.45, 2.75) is 20.0 Å². The summed E-state index contributed by atoms with van der Waals surface area (Å²) in [5, 5.41) is 19.9. The molecule has 5 heteroatoms. The van der Waals surface area contributed by atoms with Gasteiger partial charge in [0.15, 0.2) is 0 Å². The first-order valence-corrected chi connectivity index (χ1v) is 12.2. The normalized spacial score (nSPS) is 17.1. The molecule has 0 aromatic heterocycles. The highest BCUT2D eigenvalue weighted by molar-refractivity contribution is 6.98. The SMILES string of the molecule is Cc1cc(C(=O)O)ccc1C1=C2C=CC(=N)C=C2[Si](C)(C)c2cc(N)ccc21. The lowest BCUT2D eigenvalue weighted by Gasteiger charge is -2.38. The Balaban J connectivity index is 2.08. The van der Waals surface area contributed by atoms with Crippen molar-refractivity contribution in [3.8, 4) is 0 Å². The van der Waals surface area contributed by atoms with E-state index in [0.717, 1.165) is 33.5 Å². The van der Waals surface area contributed by atoms with E-state index in [1.807, 2.05) is 37.3 Å². The van der Waals surface area contributed by atoms with E-state index in [1.165, 1.54) is 10.4 Å². The van der Waals surface area contributed by atoms with Crippen LogP contribution in [-0.2, 0) is 0 Å². The topological polar surface area (TPSA) is 87.2 Å². The number of aryl methyl sites for hydroxylation is 1. The van der Waals surface area contributed by atoms with Gasteiger partial charge in [0.05, 0.1) is 11.3 Å². The molecule has 1 aliphatic heterocycles. The van der Waals surface area contributed by atoms with Gasteiger partial charge < -0.3 is 16.2 Å². The van der Waals surface area contributed by atoms with E-state index in [-0.39, 0.29) is 5.56 Å². The second-order valence-corrected chi connectivity index (χ2v) is 12.2. The van der Waals surface area contributed by atoms with Crippen LogP contribution in [0.1, 0.15) is 27.0 Å². The number of nitrogens with two attached hydrogens (primary N) is 1. The molecule has 2 aromatic carbocycles. The van der Waals surface area contributed by atoms with E-state index in [1.54, 1.807) is 12.1 Å². The average molecular weight is 387 g/mol. The molecule has 2 aliphatic rings. The number of carboxylic acids is 1. The molecule has 0 bridgehead atoms. The largest absolute Gasteiger partial charge is 0.478 e. The van der Waals surface area contributed by atoms with Gasteiger partial charge in [-0.3, -0.25) is 0 Å². The summed E-state index contributed by atoms with van der Waals surface area (Å²) in [6.07, 6.45) is 5.84. The predicted octanol–water partition coefficient (Wildman–Crippen LogP) is 4.06. The maximum Gasteiger partial charge on any atom is 0.335 e. The lowest BCUT2D eigenvalue weighted by atomic mass is 9.87. The van der Waals surface area contributed by atoms with Crippen LogP contribution < -0.4 is 10.9 Å². The molecule has 0 radical (unpaired) electrons. The summed E-state index contributed by atoms with van der Waals surface area (Å²) in [5.74, 6) is -0.927. The monoisotopic (exact) mass is 386 g/mol. The number of hydrogen-bond acceptors (Lipinski definition) is 3. The Morgan fingerprint density at radius 2 is 1.79 bits per heavy atom. The van der Waals surface area contributed by atoms with Gasteiger partial charge in [0.25, 0.3) is 0 Å². The first kappa shape index (κ1) is 18.2. The minimum Gasteiger partial charge on any atom is -0.478 e. The summed E-state index contributed by atoms with van der Waals surface area (Å²) in [6.45, 7) is 6.53. The van der Waals surface area contributed by atoms with Gasteiger partial charge in [-0.1, -0.05) is 31.3 Å². The van der Waals surface area contributed by atoms with E-state index in [0.29, 0.717) is 5.71 Å². The highest BCUT2D eigenvalue weighted by Gasteiger charge is 2.39. The molecule has 4 nitrogen and oxygen atoms in total. The summed E-state index contributed by atoms with van der Waals surface area (Å²) in [5.41, 5.74) is 13.0. The molecule has 140 valence electrons. The van der Waals surface area contributed by atoms with Crippen molar-refractivity contribution in [3.63, 3.8) is 0 Å². The molecule has 1 heterocycles. The predicted molar refractivity (Wildman–Crippen MR) is 117 cm³/mol. The van der Waals surface area contributed by atoms with Gasteiger partial charge in [0.1, 0.15) is 8.07 Å². The van der Waals surface area contributed by atoms with Gasteiger partial charge in [-0.05, 0) is 81.6 Å². The fraction of sp³-hybridized carbons (Fsp3) is 0.130. The van der Waals surface area contributed by atoms with Crippen molar-refractivity contribution in [2.24, 2.45) is 0 Å². The number of carboxylic acid groups (broad SMARTS) is 1. The van der Waals surface area contributed by atoms with E-state index < -0.39 is 14.0 Å². The number of anilines is 1. The highest BCUT2D eigenvalue weighted by atomic mass is 28.3. The average Bonchev–Trinajstić information content (AvgIpc) is 2.64. The number of carbonyl (C=O) groups is 1. The van der Waals surface area contributed by atoms with Crippen LogP contribution in [0.25, 0.3) is 5.57 Å². The third-order valence-electron chi connectivity index (χ3n) is 5.69. The number of allylic oxidation sites excluding steroid dienone is 5. The number of nitrogen functional groups attached to an aromatic ring is 1. The lowest BCUT2D eigenvalue weighted by Crippen LogP contribution is -2.49. The summed E-state index contributed by atoms with van der Waals surface area (Å²) in [6, 6.07) is 11.3. The molecule has 0 saturated heterocycles. The quantitative estimate of drug-likeness (QED) is 0.537. The van der Waals surface area contributed by atoms with Crippen molar-refractivity contribution >= 4 is 36.2 Å². The molecule has 4 rings (SSSR count). The first-order valence-electron chi connectivity index (χ1n) is 9.18. The maximum absolute atomic E-state index is 11.4. The summed E-state index contributed by atoms with van der Waals surface area (Å²) in [4.78, 5) is 11.4. The number of rotatable bonds is 2. The van der Waals surface area contributed by atoms with Gasteiger partial charge in [-0.25, -0.2) is 4.79 Å². The molecule has 28 heavy (non-hydrogen) atoms. The van der Waals surface area contributed by atoms with Gasteiger partial charge in [-0.2, -0.15) is 0 Å². The zero-order chi connectivity index (χ0) is 20.2. The fourth-order valence-electron chi connectivity index (χ4n) is 4.23. The molecule has 4 N–H and O–H groups in total. The zero-order valence-corrected chi connectivity index (χ0v) is 17.1. The number of aromatic carboxylic acids is 1. The van der Waals surface area contributed by atoms with Crippen LogP contribution in [0.3, 0.4) is 0 Å². The van der Waals surface area contributed by atoms with Crippen LogP contribution in [-0.4, -0.2) is 24.9 Å². The summed E-state index contributed by atoms with van der Waals surface area (Å²) in [7, 11) is -2.03. The molecule has 2 aromatic rings. The number of benzene rings is 2. The third kappa shape index (κ3) is 2.67. The maximum atomic E-state index is 11.4. The first-order chi connectivity index (χ1) is 13.2. The van der Waals surface area contributed by atoms with E-state index in [4.69, 9.17) is 11.1 Å². The number of fused-ring (bicyclic) bond motifs is 2. The minimum absolute atomic E-state index is 0.284. The minimum atomic E-state index is -2.03. The number of nitrogens with one attached hydrogen (secondary N) is 1. The molecule has 0 saturated carbocycles. The lowest BCUT2D eigenvalue weighted by molar-refractivity contribution is 0.0697. The molecule has 0 unspecified atom stereocenters. The van der Waals surface area contributed by atoms with Crippen molar-refractivity contribution in [3.05, 3.63) is 87.6 Å². The second-order valence-electron chi connectivity index (χ2n) is 7.90. The van der Waals surface area contributed by atoms with Crippen LogP contribution in [0.5, 0.6) is 0 Å². The van der Waals surface area contributed by atoms with Crippen molar-refractivity contribution < 1.29 is 9.90 Å². The van der Waals surface area contributed by atoms with Crippen molar-refractivity contribution in [1.82, 2.24) is 0 Å². The van der Waals surface area contributed by atoms with E-state index >= 15 is 0 Å². The van der Waals surface area contributed by atoms with Gasteiger partial charge in [-0.15, -0.1) is 0 Å². The number of hydrogen-bond donors (Lipinski definition) is 3. The molecular formula is C23H22N2O2Si. The molecule has 1 aliphatic carbocycles. The Kier molecular flexibility index (Phi) is 4.01. The van der Waals surface area contributed by atoms with Crippen molar-refractivity contribution in [2.75, 3.05) is 5.73 Å². The Hall–Kier alpha value is -3.18. The van der Waals surface area contributed by atoms with Gasteiger partial charge in [0.2, 0.25) is 0 Å². The summed E-state index contributed by atoms with van der Waals surface area (Å²) < 4.78 is 0. The molecule has 0 spiro atoms. The van der Waals surface area contributed by atoms with E-state index in [9.17, 15) is 9.90 Å². The molecule has 0 amide bonds. The molecule has 0 atom stereocenters. The Morgan fingerprint density at radius 3 is 2.46 bits per heavy atom.